The molecule has 1 atom stereocenters. The van der Waals surface area contributed by atoms with Crippen LogP contribution in [0.3, 0.4) is 0 Å². The van der Waals surface area contributed by atoms with Gasteiger partial charge in [0.25, 0.3) is 10.0 Å². The summed E-state index contributed by atoms with van der Waals surface area (Å²) in [6.45, 7) is 5.10. The Kier molecular flexibility index (Phi) is 8.27. The lowest BCUT2D eigenvalue weighted by atomic mass is 9.94. The van der Waals surface area contributed by atoms with Crippen LogP contribution in [0.4, 0.5) is 0 Å². The van der Waals surface area contributed by atoms with Crippen molar-refractivity contribution in [1.82, 2.24) is 14.7 Å². The number of carbonyl (C=O) groups excluding carboxylic acids is 1. The molecule has 0 radical (unpaired) electrons. The number of nitrogens with zero attached hydrogens (tertiary/aromatic N) is 3. The fourth-order valence-corrected chi connectivity index (χ4v) is 5.81. The maximum Gasteiger partial charge on any atom is 0.288 e. The van der Waals surface area contributed by atoms with Gasteiger partial charge in [0.1, 0.15) is 24.7 Å². The summed E-state index contributed by atoms with van der Waals surface area (Å²) in [6, 6.07) is 21.2. The van der Waals surface area contributed by atoms with Crippen molar-refractivity contribution in [2.24, 2.45) is 0 Å². The second-order valence-electron chi connectivity index (χ2n) is 9.22. The van der Waals surface area contributed by atoms with Crippen molar-refractivity contribution in [3.63, 3.8) is 0 Å². The quantitative estimate of drug-likeness (QED) is 0.192. The molecule has 0 saturated carbocycles. The fraction of sp³-hybridized carbons (Fsp3) is 0.241. The van der Waals surface area contributed by atoms with E-state index < -0.39 is 10.0 Å². The molecule has 1 fully saturated rings. The Labute approximate surface area is 232 Å². The van der Waals surface area contributed by atoms with Gasteiger partial charge >= 0.3 is 0 Å². The highest BCUT2D eigenvalue weighted by atomic mass is 32.2. The average molecular weight is 564 g/mol. The molecule has 0 N–H and O–H groups in total. The molecule has 0 aliphatic carbocycles. The van der Waals surface area contributed by atoms with Crippen molar-refractivity contribution in [1.29, 1.82) is 0 Å². The lowest BCUT2D eigenvalue weighted by molar-refractivity contribution is -0.294. The largest absolute Gasteiger partial charge is 0.489 e. The first-order valence-electron chi connectivity index (χ1n) is 12.7. The van der Waals surface area contributed by atoms with E-state index in [1.807, 2.05) is 23.1 Å². The van der Waals surface area contributed by atoms with Gasteiger partial charge in [-0.3, -0.25) is 14.5 Å². The monoisotopic (exact) mass is 563 g/mol. The second-order valence-corrected chi connectivity index (χ2v) is 10.9. The van der Waals surface area contributed by atoms with Crippen LogP contribution in [0.15, 0.2) is 94.9 Å². The average Bonchev–Trinajstić information content (AvgIpc) is 3.64. The van der Waals surface area contributed by atoms with Gasteiger partial charge < -0.3 is 14.2 Å². The van der Waals surface area contributed by atoms with E-state index in [0.29, 0.717) is 46.7 Å². The molecule has 1 unspecified atom stereocenters. The Hall–Kier alpha value is -4.03. The standard InChI is InChI=1S/C29H29N3O7S/c1-3-29(33)31-16-15-21(18-31)25-12-8-7-9-22(25)19-37-23-13-14-26-27(30-39-28(26)17-23)20-38-32(36-2)40(34,35)24-10-5-4-6-11-24/h3-14,17,21H,1,15-16,18-20H2,2H3. The number of rotatable bonds is 11. The first-order valence-corrected chi connectivity index (χ1v) is 14.1. The van der Waals surface area contributed by atoms with Crippen molar-refractivity contribution in [3.05, 3.63) is 102 Å². The molecule has 0 bridgehead atoms. The zero-order valence-corrected chi connectivity index (χ0v) is 22.7. The molecule has 4 aromatic rings. The number of likely N-dealkylation sites (tertiary alicyclic amines) is 1. The topological polar surface area (TPSA) is 111 Å². The zero-order chi connectivity index (χ0) is 28.1. The molecule has 10 nitrogen and oxygen atoms in total. The molecule has 1 aliphatic rings. The third-order valence-electron chi connectivity index (χ3n) is 6.78. The van der Waals surface area contributed by atoms with Crippen molar-refractivity contribution in [2.75, 3.05) is 20.2 Å². The van der Waals surface area contributed by atoms with Gasteiger partial charge in [-0.05, 0) is 47.9 Å². The minimum absolute atomic E-state index is 0.0285. The van der Waals surface area contributed by atoms with Crippen LogP contribution in [0.25, 0.3) is 11.0 Å². The number of ether oxygens (including phenoxy) is 1. The second kappa shape index (κ2) is 12.0. The van der Waals surface area contributed by atoms with Gasteiger partial charge in [-0.2, -0.15) is 0 Å². The van der Waals surface area contributed by atoms with E-state index in [2.05, 4.69) is 17.8 Å². The molecule has 0 spiro atoms. The zero-order valence-electron chi connectivity index (χ0n) is 21.9. The molecule has 1 aromatic heterocycles. The van der Waals surface area contributed by atoms with E-state index >= 15 is 0 Å². The van der Waals surface area contributed by atoms with Crippen LogP contribution in [0.2, 0.25) is 0 Å². The number of benzene rings is 3. The fourth-order valence-electron chi connectivity index (χ4n) is 4.74. The van der Waals surface area contributed by atoms with E-state index in [9.17, 15) is 13.2 Å². The van der Waals surface area contributed by atoms with Crippen LogP contribution in [-0.2, 0) is 37.7 Å². The van der Waals surface area contributed by atoms with Gasteiger partial charge in [-0.1, -0.05) is 54.2 Å². The molecule has 11 heteroatoms. The van der Waals surface area contributed by atoms with E-state index in [1.165, 1.54) is 25.3 Å². The van der Waals surface area contributed by atoms with Crippen LogP contribution in [0.5, 0.6) is 5.75 Å². The summed E-state index contributed by atoms with van der Waals surface area (Å²) in [4.78, 5) is 24.3. The predicted octanol–water partition coefficient (Wildman–Crippen LogP) is 4.59. The number of hydrogen-bond acceptors (Lipinski definition) is 8. The molecule has 2 heterocycles. The Morgan fingerprint density at radius 2 is 1.90 bits per heavy atom. The summed E-state index contributed by atoms with van der Waals surface area (Å²) < 4.78 is 37.6. The van der Waals surface area contributed by atoms with Crippen molar-refractivity contribution >= 4 is 26.9 Å². The number of hydrogen-bond donors (Lipinski definition) is 0. The molecule has 208 valence electrons. The molecular weight excluding hydrogens is 534 g/mol. The summed E-state index contributed by atoms with van der Waals surface area (Å²) >= 11 is 0. The van der Waals surface area contributed by atoms with Gasteiger partial charge in [0, 0.05) is 30.5 Å². The molecule has 5 rings (SSSR count). The normalized spacial score (nSPS) is 15.6. The molecule has 1 amide bonds. The molecule has 1 aliphatic heterocycles. The maximum atomic E-state index is 12.8. The minimum Gasteiger partial charge on any atom is -0.489 e. The number of sulfonamides is 1. The van der Waals surface area contributed by atoms with Crippen LogP contribution in [0, 0.1) is 0 Å². The van der Waals surface area contributed by atoms with E-state index in [1.54, 1.807) is 36.4 Å². The van der Waals surface area contributed by atoms with E-state index in [4.69, 9.17) is 18.9 Å². The van der Waals surface area contributed by atoms with Gasteiger partial charge in [0.05, 0.1) is 16.6 Å². The third-order valence-corrected chi connectivity index (χ3v) is 8.29. The van der Waals surface area contributed by atoms with Crippen molar-refractivity contribution < 1.29 is 32.1 Å². The van der Waals surface area contributed by atoms with E-state index in [0.717, 1.165) is 17.5 Å². The first kappa shape index (κ1) is 27.5. The Morgan fingerprint density at radius 1 is 1.12 bits per heavy atom. The van der Waals surface area contributed by atoms with Gasteiger partial charge in [-0.25, -0.2) is 8.42 Å². The van der Waals surface area contributed by atoms with Crippen molar-refractivity contribution in [3.8, 4) is 5.75 Å². The molecule has 1 saturated heterocycles. The lowest BCUT2D eigenvalue weighted by Crippen LogP contribution is -2.30. The van der Waals surface area contributed by atoms with E-state index in [-0.39, 0.29) is 23.3 Å². The molecule has 40 heavy (non-hydrogen) atoms. The van der Waals surface area contributed by atoms with Crippen molar-refractivity contribution in [2.45, 2.75) is 30.4 Å². The van der Waals surface area contributed by atoms with Crippen LogP contribution < -0.4 is 4.74 Å². The van der Waals surface area contributed by atoms with Crippen LogP contribution in [-0.4, -0.2) is 49.2 Å². The predicted molar refractivity (Wildman–Crippen MR) is 146 cm³/mol. The van der Waals surface area contributed by atoms with Crippen LogP contribution >= 0.6 is 0 Å². The van der Waals surface area contributed by atoms with Gasteiger partial charge in [0.15, 0.2) is 5.58 Å². The Balaban J connectivity index is 1.24. The SMILES string of the molecule is C=CC(=O)N1CCC(c2ccccc2COc2ccc3c(CON(OC)S(=O)(=O)c4ccccc4)noc3c2)C1. The maximum absolute atomic E-state index is 12.8. The molecule has 3 aromatic carbocycles. The summed E-state index contributed by atoms with van der Waals surface area (Å²) in [5.41, 5.74) is 3.08. The highest BCUT2D eigenvalue weighted by Gasteiger charge is 2.28. The Morgan fingerprint density at radius 3 is 2.67 bits per heavy atom. The summed E-state index contributed by atoms with van der Waals surface area (Å²) in [7, 11) is -2.83. The first-order chi connectivity index (χ1) is 19.4. The highest BCUT2D eigenvalue weighted by molar-refractivity contribution is 7.88. The van der Waals surface area contributed by atoms with Gasteiger partial charge in [0.2, 0.25) is 5.91 Å². The summed E-state index contributed by atoms with van der Waals surface area (Å²) in [6.07, 6.45) is 2.24. The number of aromatic nitrogens is 1. The summed E-state index contributed by atoms with van der Waals surface area (Å²) in [5, 5.41) is 4.69. The number of carbonyl (C=O) groups is 1. The smallest absolute Gasteiger partial charge is 0.288 e. The minimum atomic E-state index is -4.03. The Bertz CT molecular complexity index is 1600. The van der Waals surface area contributed by atoms with Crippen LogP contribution in [0.1, 0.15) is 29.2 Å². The van der Waals surface area contributed by atoms with Gasteiger partial charge in [-0.15, -0.1) is 0 Å². The molecular formula is C29H29N3O7S. The number of fused-ring (bicyclic) bond motifs is 1. The summed E-state index contributed by atoms with van der Waals surface area (Å²) in [5.74, 6) is 0.778. The highest BCUT2D eigenvalue weighted by Crippen LogP contribution is 2.31. The lowest BCUT2D eigenvalue weighted by Gasteiger charge is -2.18. The third kappa shape index (κ3) is 5.77. The number of amides is 1.